The highest BCUT2D eigenvalue weighted by Gasteiger charge is 1.99. The maximum atomic E-state index is 10.8. The van der Waals surface area contributed by atoms with E-state index in [1.54, 1.807) is 11.8 Å². The Morgan fingerprint density at radius 2 is 2.25 bits per heavy atom. The second kappa shape index (κ2) is 7.43. The van der Waals surface area contributed by atoms with Crippen molar-refractivity contribution in [3.05, 3.63) is 0 Å². The van der Waals surface area contributed by atoms with Crippen molar-refractivity contribution in [2.75, 3.05) is 31.8 Å². The zero-order chi connectivity index (χ0) is 9.40. The Morgan fingerprint density at radius 3 is 2.75 bits per heavy atom. The van der Waals surface area contributed by atoms with E-state index in [0.717, 1.165) is 24.7 Å². The van der Waals surface area contributed by atoms with Gasteiger partial charge in [0.15, 0.2) is 0 Å². The van der Waals surface area contributed by atoms with Gasteiger partial charge < -0.3 is 10.2 Å². The number of nitrogens with zero attached hydrogens (tertiary/aromatic N) is 1. The minimum absolute atomic E-state index is 0.138. The molecule has 12 heavy (non-hydrogen) atoms. The number of thioether (sulfide) groups is 1. The number of nitrogens with one attached hydrogen (secondary N) is 1. The SMILES string of the molecule is CCNCSCCN(C)C(C)=O. The number of hydrogen-bond donors (Lipinski definition) is 1. The van der Waals surface area contributed by atoms with Gasteiger partial charge in [0.1, 0.15) is 0 Å². The summed E-state index contributed by atoms with van der Waals surface area (Å²) in [6.45, 7) is 5.53. The van der Waals surface area contributed by atoms with Gasteiger partial charge in [-0.15, -0.1) is 11.8 Å². The van der Waals surface area contributed by atoms with Crippen molar-refractivity contribution < 1.29 is 4.79 Å². The van der Waals surface area contributed by atoms with Gasteiger partial charge >= 0.3 is 0 Å². The smallest absolute Gasteiger partial charge is 0.219 e. The molecule has 0 fully saturated rings. The highest BCUT2D eigenvalue weighted by atomic mass is 32.2. The average Bonchev–Trinajstić information content (AvgIpc) is 2.03. The zero-order valence-electron chi connectivity index (χ0n) is 8.09. The Bertz CT molecular complexity index is 130. The van der Waals surface area contributed by atoms with Crippen LogP contribution in [-0.2, 0) is 4.79 Å². The lowest BCUT2D eigenvalue weighted by atomic mass is 10.5. The van der Waals surface area contributed by atoms with Crippen molar-refractivity contribution in [3.63, 3.8) is 0 Å². The summed E-state index contributed by atoms with van der Waals surface area (Å²) in [5.74, 6) is 2.12. The van der Waals surface area contributed by atoms with Gasteiger partial charge in [-0.25, -0.2) is 0 Å². The van der Waals surface area contributed by atoms with Crippen molar-refractivity contribution in [2.45, 2.75) is 13.8 Å². The first-order valence-corrected chi connectivity index (χ1v) is 5.34. The Hall–Kier alpha value is -0.220. The first kappa shape index (κ1) is 11.8. The molecule has 0 atom stereocenters. The van der Waals surface area contributed by atoms with Crippen LogP contribution in [0.15, 0.2) is 0 Å². The summed E-state index contributed by atoms with van der Waals surface area (Å²) in [4.78, 5) is 12.5. The molecule has 0 saturated heterocycles. The molecule has 0 bridgehead atoms. The van der Waals surface area contributed by atoms with Crippen LogP contribution in [0.1, 0.15) is 13.8 Å². The van der Waals surface area contributed by atoms with Crippen LogP contribution in [0, 0.1) is 0 Å². The van der Waals surface area contributed by atoms with Crippen LogP contribution in [-0.4, -0.2) is 42.6 Å². The molecular weight excluding hydrogens is 172 g/mol. The van der Waals surface area contributed by atoms with E-state index in [-0.39, 0.29) is 5.91 Å². The first-order chi connectivity index (χ1) is 5.68. The summed E-state index contributed by atoms with van der Waals surface area (Å²) < 4.78 is 0. The summed E-state index contributed by atoms with van der Waals surface area (Å²) in [6, 6.07) is 0. The molecule has 0 aromatic heterocycles. The predicted molar refractivity (Wildman–Crippen MR) is 54.3 cm³/mol. The highest BCUT2D eigenvalue weighted by Crippen LogP contribution is 1.97. The third kappa shape index (κ3) is 6.49. The van der Waals surface area contributed by atoms with Crippen LogP contribution in [0.25, 0.3) is 0 Å². The number of amides is 1. The number of hydrogen-bond acceptors (Lipinski definition) is 3. The van der Waals surface area contributed by atoms with Crippen molar-refractivity contribution in [1.29, 1.82) is 0 Å². The number of carbonyl (C=O) groups excluding carboxylic acids is 1. The van der Waals surface area contributed by atoms with E-state index in [2.05, 4.69) is 12.2 Å². The lowest BCUT2D eigenvalue weighted by Gasteiger charge is -2.13. The summed E-state index contributed by atoms with van der Waals surface area (Å²) >= 11 is 1.82. The van der Waals surface area contributed by atoms with Crippen LogP contribution >= 0.6 is 11.8 Å². The third-order valence-electron chi connectivity index (χ3n) is 1.56. The minimum atomic E-state index is 0.138. The third-order valence-corrected chi connectivity index (χ3v) is 2.44. The summed E-state index contributed by atoms with van der Waals surface area (Å²) in [7, 11) is 1.83. The molecule has 1 N–H and O–H groups in total. The molecule has 4 heteroatoms. The molecule has 0 radical (unpaired) electrons. The second-order valence-electron chi connectivity index (χ2n) is 2.60. The largest absolute Gasteiger partial charge is 0.345 e. The molecule has 0 spiro atoms. The molecule has 0 saturated carbocycles. The van der Waals surface area contributed by atoms with Gasteiger partial charge in [-0.2, -0.15) is 0 Å². The van der Waals surface area contributed by atoms with Crippen molar-refractivity contribution in [1.82, 2.24) is 10.2 Å². The summed E-state index contributed by atoms with van der Waals surface area (Å²) in [5.41, 5.74) is 0. The summed E-state index contributed by atoms with van der Waals surface area (Å²) in [6.07, 6.45) is 0. The van der Waals surface area contributed by atoms with Gasteiger partial charge in [-0.05, 0) is 6.54 Å². The van der Waals surface area contributed by atoms with Gasteiger partial charge in [0, 0.05) is 32.1 Å². The van der Waals surface area contributed by atoms with Crippen molar-refractivity contribution in [3.8, 4) is 0 Å². The lowest BCUT2D eigenvalue weighted by Crippen LogP contribution is -2.26. The average molecular weight is 190 g/mol. The first-order valence-electron chi connectivity index (χ1n) is 4.18. The quantitative estimate of drug-likeness (QED) is 0.496. The lowest BCUT2D eigenvalue weighted by molar-refractivity contribution is -0.127. The van der Waals surface area contributed by atoms with Crippen LogP contribution < -0.4 is 5.32 Å². The maximum Gasteiger partial charge on any atom is 0.219 e. The minimum Gasteiger partial charge on any atom is -0.345 e. The molecular formula is C8H18N2OS. The second-order valence-corrected chi connectivity index (χ2v) is 3.70. The Kier molecular flexibility index (Phi) is 7.29. The number of rotatable bonds is 6. The van der Waals surface area contributed by atoms with E-state index in [9.17, 15) is 4.79 Å². The zero-order valence-corrected chi connectivity index (χ0v) is 8.91. The fourth-order valence-corrected chi connectivity index (χ4v) is 1.50. The fraction of sp³-hybridized carbons (Fsp3) is 0.875. The molecule has 0 aliphatic rings. The van der Waals surface area contributed by atoms with Crippen LogP contribution in [0.2, 0.25) is 0 Å². The summed E-state index contributed by atoms with van der Waals surface area (Å²) in [5, 5.41) is 3.21. The molecule has 72 valence electrons. The van der Waals surface area contributed by atoms with Crippen LogP contribution in [0.4, 0.5) is 0 Å². The Morgan fingerprint density at radius 1 is 1.58 bits per heavy atom. The van der Waals surface area contributed by atoms with Crippen LogP contribution in [0.5, 0.6) is 0 Å². The molecule has 0 rings (SSSR count). The highest BCUT2D eigenvalue weighted by molar-refractivity contribution is 7.99. The van der Waals surface area contributed by atoms with Crippen molar-refractivity contribution >= 4 is 17.7 Å². The molecule has 0 aromatic carbocycles. The van der Waals surface area contributed by atoms with E-state index in [1.807, 2.05) is 18.8 Å². The van der Waals surface area contributed by atoms with Gasteiger partial charge in [0.2, 0.25) is 5.91 Å². The van der Waals surface area contributed by atoms with E-state index in [0.29, 0.717) is 0 Å². The normalized spacial score (nSPS) is 9.92. The number of carbonyl (C=O) groups is 1. The maximum absolute atomic E-state index is 10.8. The van der Waals surface area contributed by atoms with E-state index in [1.165, 1.54) is 0 Å². The fourth-order valence-electron chi connectivity index (χ4n) is 0.605. The predicted octanol–water partition coefficient (Wildman–Crippen LogP) is 0.765. The van der Waals surface area contributed by atoms with E-state index in [4.69, 9.17) is 0 Å². The topological polar surface area (TPSA) is 32.3 Å². The molecule has 0 aliphatic carbocycles. The van der Waals surface area contributed by atoms with Crippen LogP contribution in [0.3, 0.4) is 0 Å². The van der Waals surface area contributed by atoms with Gasteiger partial charge in [-0.3, -0.25) is 4.79 Å². The van der Waals surface area contributed by atoms with Gasteiger partial charge in [-0.1, -0.05) is 6.92 Å². The molecule has 3 nitrogen and oxygen atoms in total. The standard InChI is InChI=1S/C8H18N2OS/c1-4-9-7-12-6-5-10(3)8(2)11/h9H,4-7H2,1-3H3. The van der Waals surface area contributed by atoms with Gasteiger partial charge in [0.25, 0.3) is 0 Å². The van der Waals surface area contributed by atoms with E-state index < -0.39 is 0 Å². The Balaban J connectivity index is 3.14. The molecule has 0 aliphatic heterocycles. The van der Waals surface area contributed by atoms with Gasteiger partial charge in [0.05, 0.1) is 0 Å². The Labute approximate surface area is 78.9 Å². The van der Waals surface area contributed by atoms with Crippen molar-refractivity contribution in [2.24, 2.45) is 0 Å². The monoisotopic (exact) mass is 190 g/mol. The van der Waals surface area contributed by atoms with E-state index >= 15 is 0 Å². The molecule has 0 heterocycles. The molecule has 1 amide bonds. The molecule has 0 unspecified atom stereocenters. The molecule has 0 aromatic rings.